The first kappa shape index (κ1) is 22.3. The first-order valence-corrected chi connectivity index (χ1v) is 10.2. The number of aromatic amines is 1. The number of nitrogens with zero attached hydrogens (tertiary/aromatic N) is 4. The van der Waals surface area contributed by atoms with E-state index in [1.807, 2.05) is 30.3 Å². The Morgan fingerprint density at radius 3 is 2.15 bits per heavy atom. The van der Waals surface area contributed by atoms with Gasteiger partial charge in [0.25, 0.3) is 16.9 Å². The fourth-order valence-corrected chi connectivity index (χ4v) is 3.56. The smallest absolute Gasteiger partial charge is 0.280 e. The van der Waals surface area contributed by atoms with Gasteiger partial charge in [-0.3, -0.25) is 35.1 Å². The molecule has 1 heterocycles. The van der Waals surface area contributed by atoms with Gasteiger partial charge in [-0.05, 0) is 31.5 Å². The largest absolute Gasteiger partial charge is 0.290 e. The number of nitro groups is 2. The maximum Gasteiger partial charge on any atom is 0.280 e. The Kier molecular flexibility index (Phi) is 5.88. The van der Waals surface area contributed by atoms with Crippen LogP contribution in [0.1, 0.15) is 18.1 Å². The zero-order valence-electron chi connectivity index (χ0n) is 18.3. The first-order valence-electron chi connectivity index (χ1n) is 10.2. The zero-order valence-corrected chi connectivity index (χ0v) is 18.3. The number of rotatable bonds is 6. The van der Waals surface area contributed by atoms with Gasteiger partial charge in [0.15, 0.2) is 0 Å². The van der Waals surface area contributed by atoms with Crippen molar-refractivity contribution in [2.45, 2.75) is 13.8 Å². The molecule has 0 saturated heterocycles. The third-order valence-corrected chi connectivity index (χ3v) is 5.33. The van der Waals surface area contributed by atoms with E-state index in [2.05, 4.69) is 10.1 Å². The van der Waals surface area contributed by atoms with E-state index >= 15 is 0 Å². The van der Waals surface area contributed by atoms with Crippen molar-refractivity contribution in [3.05, 3.63) is 115 Å². The van der Waals surface area contributed by atoms with Crippen LogP contribution in [0.2, 0.25) is 0 Å². The first-order chi connectivity index (χ1) is 16.3. The minimum atomic E-state index is -0.514. The number of hydrogen-bond donors (Lipinski definition) is 1. The van der Waals surface area contributed by atoms with Crippen LogP contribution in [0.3, 0.4) is 0 Å². The highest BCUT2D eigenvalue weighted by atomic mass is 16.6. The summed E-state index contributed by atoms with van der Waals surface area (Å²) >= 11 is 0. The number of aryl methyl sites for hydroxylation is 1. The van der Waals surface area contributed by atoms with Crippen LogP contribution in [0, 0.1) is 27.2 Å². The van der Waals surface area contributed by atoms with Crippen molar-refractivity contribution in [1.82, 2.24) is 9.78 Å². The molecule has 0 aliphatic heterocycles. The van der Waals surface area contributed by atoms with E-state index in [1.165, 1.54) is 41.1 Å². The SMILES string of the molecule is CC(=Nc1cc([N+](=O)[O-])ccc1C)c1c(-c2ccccc2)[nH]n(-c2ccc([N+](=O)[O-])cc2)c1=O. The molecule has 0 saturated carbocycles. The van der Waals surface area contributed by atoms with Crippen LogP contribution in [-0.2, 0) is 0 Å². The molecule has 34 heavy (non-hydrogen) atoms. The lowest BCUT2D eigenvalue weighted by Crippen LogP contribution is -2.19. The van der Waals surface area contributed by atoms with Crippen molar-refractivity contribution in [1.29, 1.82) is 0 Å². The molecule has 0 aliphatic rings. The third kappa shape index (κ3) is 4.24. The second kappa shape index (κ2) is 8.94. The minimum absolute atomic E-state index is 0.0919. The van der Waals surface area contributed by atoms with E-state index in [-0.39, 0.29) is 16.9 Å². The van der Waals surface area contributed by atoms with E-state index in [4.69, 9.17) is 0 Å². The molecule has 0 amide bonds. The topological polar surface area (TPSA) is 136 Å². The molecule has 4 rings (SSSR count). The van der Waals surface area contributed by atoms with Crippen LogP contribution in [0.15, 0.2) is 82.6 Å². The van der Waals surface area contributed by atoms with E-state index < -0.39 is 15.4 Å². The van der Waals surface area contributed by atoms with Crippen LogP contribution in [-0.4, -0.2) is 25.3 Å². The molecule has 10 heteroatoms. The standard InChI is InChI=1S/C24H19N5O5/c1-15-8-9-20(29(33)34)14-21(15)25-16(2)22-23(17-6-4-3-5-7-17)26-27(24(22)30)18-10-12-19(13-11-18)28(31)32/h3-14,26H,1-2H3. The van der Waals surface area contributed by atoms with Gasteiger partial charge in [-0.2, -0.15) is 0 Å². The van der Waals surface area contributed by atoms with Crippen molar-refractivity contribution in [3.8, 4) is 16.9 Å². The third-order valence-electron chi connectivity index (χ3n) is 5.33. The van der Waals surface area contributed by atoms with E-state index in [0.717, 1.165) is 11.1 Å². The summed E-state index contributed by atoms with van der Waals surface area (Å²) in [5, 5.41) is 25.3. The Hall–Kier alpha value is -4.86. The Morgan fingerprint density at radius 2 is 1.53 bits per heavy atom. The monoisotopic (exact) mass is 457 g/mol. The predicted molar refractivity (Wildman–Crippen MR) is 128 cm³/mol. The van der Waals surface area contributed by atoms with E-state index in [9.17, 15) is 25.0 Å². The molecule has 1 N–H and O–H groups in total. The van der Waals surface area contributed by atoms with Crippen LogP contribution >= 0.6 is 0 Å². The molecule has 3 aromatic carbocycles. The summed E-state index contributed by atoms with van der Waals surface area (Å²) in [6.07, 6.45) is 0. The quantitative estimate of drug-likeness (QED) is 0.244. The molecule has 0 unspecified atom stereocenters. The molecular weight excluding hydrogens is 438 g/mol. The Bertz CT molecular complexity index is 1480. The van der Waals surface area contributed by atoms with Crippen molar-refractivity contribution >= 4 is 22.8 Å². The Balaban J connectivity index is 1.90. The van der Waals surface area contributed by atoms with Gasteiger partial charge in [0.05, 0.1) is 38.2 Å². The molecule has 1 aromatic heterocycles. The maximum atomic E-state index is 13.5. The average molecular weight is 457 g/mol. The maximum absolute atomic E-state index is 13.5. The predicted octanol–water partition coefficient (Wildman–Crippen LogP) is 5.10. The van der Waals surface area contributed by atoms with Gasteiger partial charge in [0, 0.05) is 29.8 Å². The van der Waals surface area contributed by atoms with Gasteiger partial charge in [0.1, 0.15) is 0 Å². The normalized spacial score (nSPS) is 11.4. The molecule has 170 valence electrons. The van der Waals surface area contributed by atoms with Gasteiger partial charge in [0.2, 0.25) is 0 Å². The summed E-state index contributed by atoms with van der Waals surface area (Å²) in [4.78, 5) is 39.2. The molecular formula is C24H19N5O5. The lowest BCUT2D eigenvalue weighted by molar-refractivity contribution is -0.385. The van der Waals surface area contributed by atoms with E-state index in [0.29, 0.717) is 22.8 Å². The van der Waals surface area contributed by atoms with Crippen molar-refractivity contribution < 1.29 is 9.85 Å². The van der Waals surface area contributed by atoms with Crippen LogP contribution < -0.4 is 5.56 Å². The molecule has 10 nitrogen and oxygen atoms in total. The highest BCUT2D eigenvalue weighted by Crippen LogP contribution is 2.27. The Morgan fingerprint density at radius 1 is 0.912 bits per heavy atom. The lowest BCUT2D eigenvalue weighted by atomic mass is 10.0. The summed E-state index contributed by atoms with van der Waals surface area (Å²) in [7, 11) is 0. The molecule has 0 spiro atoms. The number of H-pyrrole nitrogens is 1. The summed E-state index contributed by atoms with van der Waals surface area (Å²) in [5.41, 5.74) is 2.82. The number of aromatic nitrogens is 2. The highest BCUT2D eigenvalue weighted by molar-refractivity contribution is 6.05. The van der Waals surface area contributed by atoms with Gasteiger partial charge >= 0.3 is 0 Å². The number of nitrogens with one attached hydrogen (secondary N) is 1. The van der Waals surface area contributed by atoms with Crippen LogP contribution in [0.4, 0.5) is 17.1 Å². The summed E-state index contributed by atoms with van der Waals surface area (Å²) in [6, 6.07) is 19.1. The molecule has 0 aliphatic carbocycles. The fourth-order valence-electron chi connectivity index (χ4n) is 3.56. The van der Waals surface area contributed by atoms with Gasteiger partial charge in [-0.25, -0.2) is 4.68 Å². The summed E-state index contributed by atoms with van der Waals surface area (Å²) < 4.78 is 1.29. The minimum Gasteiger partial charge on any atom is -0.290 e. The van der Waals surface area contributed by atoms with Crippen molar-refractivity contribution in [2.75, 3.05) is 0 Å². The highest BCUT2D eigenvalue weighted by Gasteiger charge is 2.20. The zero-order chi connectivity index (χ0) is 24.4. The number of non-ortho nitro benzene ring substituents is 2. The van der Waals surface area contributed by atoms with Gasteiger partial charge < -0.3 is 0 Å². The second-order valence-corrected chi connectivity index (χ2v) is 7.57. The second-order valence-electron chi connectivity index (χ2n) is 7.57. The van der Waals surface area contributed by atoms with Crippen LogP contribution in [0.5, 0.6) is 0 Å². The molecule has 0 radical (unpaired) electrons. The van der Waals surface area contributed by atoms with Gasteiger partial charge in [-0.1, -0.05) is 36.4 Å². The summed E-state index contributed by atoms with van der Waals surface area (Å²) in [6.45, 7) is 3.44. The number of benzene rings is 3. The number of hydrogen-bond acceptors (Lipinski definition) is 6. The number of aliphatic imine (C=N–C) groups is 1. The fraction of sp³-hybridized carbons (Fsp3) is 0.0833. The molecule has 4 aromatic rings. The Labute approximate surface area is 193 Å². The molecule has 0 bridgehead atoms. The van der Waals surface area contributed by atoms with Gasteiger partial charge in [-0.15, -0.1) is 0 Å². The average Bonchev–Trinajstić information content (AvgIpc) is 3.18. The lowest BCUT2D eigenvalue weighted by Gasteiger charge is -2.05. The van der Waals surface area contributed by atoms with Crippen molar-refractivity contribution in [2.24, 2.45) is 4.99 Å². The molecule has 0 atom stereocenters. The number of nitro benzene ring substituents is 2. The van der Waals surface area contributed by atoms with Crippen molar-refractivity contribution in [3.63, 3.8) is 0 Å². The summed E-state index contributed by atoms with van der Waals surface area (Å²) in [5.74, 6) is 0. The van der Waals surface area contributed by atoms with Crippen LogP contribution in [0.25, 0.3) is 16.9 Å². The van der Waals surface area contributed by atoms with E-state index in [1.54, 1.807) is 19.9 Å². The molecule has 0 fully saturated rings.